The molecule has 2 nitrogen and oxygen atoms in total. The van der Waals surface area contributed by atoms with Gasteiger partial charge in [-0.15, -0.1) is 0 Å². The van der Waals surface area contributed by atoms with Crippen LogP contribution >= 0.6 is 11.8 Å². The first-order valence-corrected chi connectivity index (χ1v) is 8.38. The molecule has 1 aliphatic heterocycles. The third-order valence-electron chi connectivity index (χ3n) is 3.68. The fourth-order valence-electron chi connectivity index (χ4n) is 2.55. The number of allylic oxidation sites excluding steroid dienone is 2. The first-order valence-electron chi connectivity index (χ1n) is 7.50. The molecule has 22 heavy (non-hydrogen) atoms. The number of para-hydroxylation sites is 1. The average molecular weight is 308 g/mol. The van der Waals surface area contributed by atoms with Gasteiger partial charge in [-0.3, -0.25) is 0 Å². The summed E-state index contributed by atoms with van der Waals surface area (Å²) in [5.41, 5.74) is 8.99. The van der Waals surface area contributed by atoms with E-state index >= 15 is 0 Å². The van der Waals surface area contributed by atoms with E-state index in [-0.39, 0.29) is 0 Å². The number of nitrogens with two attached hydrogens (primary N) is 1. The lowest BCUT2D eigenvalue weighted by Gasteiger charge is -2.22. The first-order chi connectivity index (χ1) is 10.8. The maximum atomic E-state index is 5.69. The van der Waals surface area contributed by atoms with Gasteiger partial charge in [0.15, 0.2) is 0 Å². The highest BCUT2D eigenvalue weighted by molar-refractivity contribution is 8.00. The van der Waals surface area contributed by atoms with Crippen molar-refractivity contribution in [3.63, 3.8) is 0 Å². The summed E-state index contributed by atoms with van der Waals surface area (Å²) in [6.45, 7) is 3.22. The van der Waals surface area contributed by atoms with Crippen LogP contribution in [0.4, 0.5) is 11.4 Å². The van der Waals surface area contributed by atoms with Crippen molar-refractivity contribution in [2.75, 3.05) is 17.2 Å². The van der Waals surface area contributed by atoms with Crippen LogP contribution in [0.3, 0.4) is 0 Å². The zero-order valence-electron chi connectivity index (χ0n) is 12.6. The molecular formula is C19H20N2S. The van der Waals surface area contributed by atoms with Crippen molar-refractivity contribution in [3.05, 3.63) is 72.3 Å². The number of anilines is 2. The Labute approximate surface area is 136 Å². The summed E-state index contributed by atoms with van der Waals surface area (Å²) < 4.78 is 0. The third kappa shape index (κ3) is 3.20. The molecule has 0 fully saturated rings. The second-order valence-corrected chi connectivity index (χ2v) is 6.33. The number of thioether (sulfide) groups is 1. The molecule has 2 aromatic carbocycles. The van der Waals surface area contributed by atoms with E-state index in [1.165, 1.54) is 10.6 Å². The van der Waals surface area contributed by atoms with Gasteiger partial charge in [-0.25, -0.2) is 0 Å². The molecule has 0 aliphatic carbocycles. The van der Waals surface area contributed by atoms with E-state index in [2.05, 4.69) is 60.4 Å². The SMILES string of the molecule is CCN1c2ccccc2SC1/C=C/C=C/c1ccc(N)cc1. The van der Waals surface area contributed by atoms with Crippen molar-refractivity contribution >= 4 is 29.2 Å². The quantitative estimate of drug-likeness (QED) is 0.650. The molecule has 1 aliphatic rings. The molecule has 0 amide bonds. The summed E-state index contributed by atoms with van der Waals surface area (Å²) in [5, 5.41) is 0.374. The molecule has 1 atom stereocenters. The number of hydrogen-bond acceptors (Lipinski definition) is 3. The summed E-state index contributed by atoms with van der Waals surface area (Å²) in [5.74, 6) is 0. The molecule has 0 spiro atoms. The maximum Gasteiger partial charge on any atom is 0.0985 e. The van der Waals surface area contributed by atoms with Crippen molar-refractivity contribution in [3.8, 4) is 0 Å². The maximum absolute atomic E-state index is 5.69. The highest BCUT2D eigenvalue weighted by Crippen LogP contribution is 2.43. The van der Waals surface area contributed by atoms with Crippen molar-refractivity contribution in [2.24, 2.45) is 0 Å². The number of likely N-dealkylation sites (N-methyl/N-ethyl adjacent to an activating group) is 1. The van der Waals surface area contributed by atoms with Gasteiger partial charge in [-0.2, -0.15) is 0 Å². The largest absolute Gasteiger partial charge is 0.399 e. The van der Waals surface area contributed by atoms with Gasteiger partial charge in [0.05, 0.1) is 11.1 Å². The molecule has 3 heteroatoms. The van der Waals surface area contributed by atoms with Crippen LogP contribution in [0.2, 0.25) is 0 Å². The molecule has 0 bridgehead atoms. The minimum atomic E-state index is 0.374. The molecule has 2 N–H and O–H groups in total. The second-order valence-electron chi connectivity index (χ2n) is 5.17. The zero-order chi connectivity index (χ0) is 15.4. The lowest BCUT2D eigenvalue weighted by atomic mass is 10.2. The fraction of sp³-hybridized carbons (Fsp3) is 0.158. The topological polar surface area (TPSA) is 29.3 Å². The highest BCUT2D eigenvalue weighted by Gasteiger charge is 2.26. The molecule has 1 unspecified atom stereocenters. The Morgan fingerprint density at radius 3 is 2.64 bits per heavy atom. The van der Waals surface area contributed by atoms with E-state index in [1.807, 2.05) is 36.0 Å². The number of nitrogens with zero attached hydrogens (tertiary/aromatic N) is 1. The fourth-order valence-corrected chi connectivity index (χ4v) is 3.83. The Morgan fingerprint density at radius 2 is 1.86 bits per heavy atom. The van der Waals surface area contributed by atoms with Crippen molar-refractivity contribution in [1.29, 1.82) is 0 Å². The van der Waals surface area contributed by atoms with Gasteiger partial charge < -0.3 is 10.6 Å². The lowest BCUT2D eigenvalue weighted by molar-refractivity contribution is 0.878. The number of nitrogen functional groups attached to an aromatic ring is 1. The number of hydrogen-bond donors (Lipinski definition) is 1. The predicted molar refractivity (Wildman–Crippen MR) is 98.1 cm³/mol. The van der Waals surface area contributed by atoms with Crippen molar-refractivity contribution < 1.29 is 0 Å². The van der Waals surface area contributed by atoms with Crippen LogP contribution in [0.15, 0.2) is 71.7 Å². The van der Waals surface area contributed by atoms with E-state index in [4.69, 9.17) is 5.73 Å². The van der Waals surface area contributed by atoms with Crippen LogP contribution in [0, 0.1) is 0 Å². The van der Waals surface area contributed by atoms with E-state index in [0.29, 0.717) is 5.37 Å². The Hall–Kier alpha value is -2.13. The van der Waals surface area contributed by atoms with Gasteiger partial charge >= 0.3 is 0 Å². The summed E-state index contributed by atoms with van der Waals surface area (Å²) in [6.07, 6.45) is 8.56. The minimum Gasteiger partial charge on any atom is -0.399 e. The first kappa shape index (κ1) is 14.8. The van der Waals surface area contributed by atoms with Gasteiger partial charge in [0, 0.05) is 17.1 Å². The second kappa shape index (κ2) is 6.75. The monoisotopic (exact) mass is 308 g/mol. The standard InChI is InChI=1S/C19H20N2S/c1-2-21-17-8-4-5-9-18(17)22-19(21)10-6-3-7-15-11-13-16(20)14-12-15/h3-14,19H,2,20H2,1H3/b7-3+,10-6+. The lowest BCUT2D eigenvalue weighted by Crippen LogP contribution is -2.27. The number of rotatable bonds is 4. The summed E-state index contributed by atoms with van der Waals surface area (Å²) in [6, 6.07) is 16.5. The van der Waals surface area contributed by atoms with E-state index < -0.39 is 0 Å². The van der Waals surface area contributed by atoms with Gasteiger partial charge in [0.1, 0.15) is 0 Å². The van der Waals surface area contributed by atoms with Crippen LogP contribution in [0.1, 0.15) is 12.5 Å². The molecular weight excluding hydrogens is 288 g/mol. The molecule has 0 saturated carbocycles. The Balaban J connectivity index is 1.67. The molecule has 0 aromatic heterocycles. The highest BCUT2D eigenvalue weighted by atomic mass is 32.2. The summed E-state index contributed by atoms with van der Waals surface area (Å²) >= 11 is 1.91. The zero-order valence-corrected chi connectivity index (χ0v) is 13.5. The van der Waals surface area contributed by atoms with Gasteiger partial charge in [0.25, 0.3) is 0 Å². The predicted octanol–water partition coefficient (Wildman–Crippen LogP) is 4.80. The van der Waals surface area contributed by atoms with Crippen LogP contribution < -0.4 is 10.6 Å². The van der Waals surface area contributed by atoms with Gasteiger partial charge in [-0.05, 0) is 36.8 Å². The molecule has 2 aromatic rings. The number of fused-ring (bicyclic) bond motifs is 1. The third-order valence-corrected chi connectivity index (χ3v) is 4.93. The van der Waals surface area contributed by atoms with E-state index in [0.717, 1.165) is 17.8 Å². The van der Waals surface area contributed by atoms with Crippen molar-refractivity contribution in [1.82, 2.24) is 0 Å². The number of benzene rings is 2. The van der Waals surface area contributed by atoms with Crippen molar-refractivity contribution in [2.45, 2.75) is 17.2 Å². The molecule has 0 radical (unpaired) electrons. The van der Waals surface area contributed by atoms with E-state index in [1.54, 1.807) is 0 Å². The summed E-state index contributed by atoms with van der Waals surface area (Å²) in [7, 11) is 0. The molecule has 112 valence electrons. The van der Waals surface area contributed by atoms with Crippen LogP contribution in [0.5, 0.6) is 0 Å². The molecule has 1 heterocycles. The molecule has 3 rings (SSSR count). The normalized spacial score (nSPS) is 17.5. The van der Waals surface area contributed by atoms with Crippen LogP contribution in [-0.2, 0) is 0 Å². The minimum absolute atomic E-state index is 0.374. The summed E-state index contributed by atoms with van der Waals surface area (Å²) in [4.78, 5) is 3.79. The Morgan fingerprint density at radius 1 is 1.09 bits per heavy atom. The smallest absolute Gasteiger partial charge is 0.0985 e. The average Bonchev–Trinajstić information content (AvgIpc) is 2.90. The van der Waals surface area contributed by atoms with E-state index in [9.17, 15) is 0 Å². The van der Waals surface area contributed by atoms with Gasteiger partial charge in [0.2, 0.25) is 0 Å². The molecule has 0 saturated heterocycles. The van der Waals surface area contributed by atoms with Crippen LogP contribution in [-0.4, -0.2) is 11.9 Å². The van der Waals surface area contributed by atoms with Crippen LogP contribution in [0.25, 0.3) is 6.08 Å². The Kier molecular flexibility index (Phi) is 4.54. The Bertz CT molecular complexity index is 689. The van der Waals surface area contributed by atoms with Gasteiger partial charge in [-0.1, -0.05) is 60.3 Å².